The van der Waals surface area contributed by atoms with E-state index in [-0.39, 0.29) is 19.1 Å². The van der Waals surface area contributed by atoms with Gasteiger partial charge >= 0.3 is 0 Å². The van der Waals surface area contributed by atoms with Gasteiger partial charge in [-0.05, 0) is 37.0 Å². The number of rotatable bonds is 7. The predicted octanol–water partition coefficient (Wildman–Crippen LogP) is 1.40. The van der Waals surface area contributed by atoms with Crippen LogP contribution in [-0.2, 0) is 24.2 Å². The number of aryl methyl sites for hydroxylation is 2. The second-order valence-corrected chi connectivity index (χ2v) is 4.84. The van der Waals surface area contributed by atoms with Crippen molar-refractivity contribution in [3.63, 3.8) is 0 Å². The minimum absolute atomic E-state index is 0.126. The van der Waals surface area contributed by atoms with E-state index in [1.165, 1.54) is 10.2 Å². The van der Waals surface area contributed by atoms with Gasteiger partial charge < -0.3 is 10.4 Å². The number of anilines is 1. The van der Waals surface area contributed by atoms with Gasteiger partial charge in [-0.1, -0.05) is 24.3 Å². The quantitative estimate of drug-likeness (QED) is 0.807. The van der Waals surface area contributed by atoms with Crippen LogP contribution in [0.4, 0.5) is 5.69 Å². The third-order valence-corrected chi connectivity index (χ3v) is 3.10. The Kier molecular flexibility index (Phi) is 5.45. The highest BCUT2D eigenvalue weighted by molar-refractivity contribution is 5.90. The lowest BCUT2D eigenvalue weighted by Gasteiger charge is -2.06. The van der Waals surface area contributed by atoms with E-state index in [9.17, 15) is 4.79 Å². The van der Waals surface area contributed by atoms with Crippen LogP contribution in [0.15, 0.2) is 30.5 Å². The van der Waals surface area contributed by atoms with Crippen molar-refractivity contribution in [3.8, 4) is 0 Å². The highest BCUT2D eigenvalue weighted by Gasteiger charge is 2.07. The Labute approximate surface area is 123 Å². The lowest BCUT2D eigenvalue weighted by molar-refractivity contribution is -0.116. The molecule has 6 nitrogen and oxygen atoms in total. The van der Waals surface area contributed by atoms with Gasteiger partial charge in [-0.3, -0.25) is 4.79 Å². The SMILES string of the molecule is CCc1cccc(NC(=O)Cn2cc(CCCO)nn2)c1. The molecule has 0 atom stereocenters. The maximum atomic E-state index is 12.0. The molecule has 112 valence electrons. The first-order valence-corrected chi connectivity index (χ1v) is 7.10. The van der Waals surface area contributed by atoms with E-state index in [4.69, 9.17) is 5.11 Å². The van der Waals surface area contributed by atoms with E-state index in [0.717, 1.165) is 17.8 Å². The molecule has 0 aliphatic carbocycles. The third-order valence-electron chi connectivity index (χ3n) is 3.10. The Balaban J connectivity index is 1.90. The molecule has 6 heteroatoms. The average Bonchev–Trinajstić information content (AvgIpc) is 2.92. The van der Waals surface area contributed by atoms with E-state index in [1.54, 1.807) is 6.20 Å². The Morgan fingerprint density at radius 1 is 1.43 bits per heavy atom. The van der Waals surface area contributed by atoms with Crippen molar-refractivity contribution >= 4 is 11.6 Å². The smallest absolute Gasteiger partial charge is 0.246 e. The summed E-state index contributed by atoms with van der Waals surface area (Å²) in [5, 5.41) is 19.5. The number of aromatic nitrogens is 3. The fourth-order valence-corrected chi connectivity index (χ4v) is 2.01. The molecule has 0 aliphatic heterocycles. The summed E-state index contributed by atoms with van der Waals surface area (Å²) < 4.78 is 1.51. The number of benzene rings is 1. The fourth-order valence-electron chi connectivity index (χ4n) is 2.01. The van der Waals surface area contributed by atoms with E-state index in [1.807, 2.05) is 24.3 Å². The molecule has 0 saturated carbocycles. The molecule has 0 spiro atoms. The highest BCUT2D eigenvalue weighted by Crippen LogP contribution is 2.11. The topological polar surface area (TPSA) is 80.0 Å². The monoisotopic (exact) mass is 288 g/mol. The maximum absolute atomic E-state index is 12.0. The number of aliphatic hydroxyl groups is 1. The van der Waals surface area contributed by atoms with Crippen molar-refractivity contribution in [1.29, 1.82) is 0 Å². The summed E-state index contributed by atoms with van der Waals surface area (Å²) in [4.78, 5) is 12.0. The van der Waals surface area contributed by atoms with Crippen molar-refractivity contribution in [2.45, 2.75) is 32.7 Å². The van der Waals surface area contributed by atoms with Gasteiger partial charge in [0.2, 0.25) is 5.91 Å². The molecule has 0 radical (unpaired) electrons. The van der Waals surface area contributed by atoms with Gasteiger partial charge in [0.15, 0.2) is 0 Å². The standard InChI is InChI=1S/C15H20N4O2/c1-2-12-5-3-6-13(9-12)16-15(21)11-19-10-14(17-18-19)7-4-8-20/h3,5-6,9-10,20H,2,4,7-8,11H2,1H3,(H,16,21). The number of carbonyl (C=O) groups is 1. The van der Waals surface area contributed by atoms with Crippen LogP contribution in [0.2, 0.25) is 0 Å². The second kappa shape index (κ2) is 7.54. The van der Waals surface area contributed by atoms with Crippen LogP contribution in [0.25, 0.3) is 0 Å². The van der Waals surface area contributed by atoms with Gasteiger partial charge in [0, 0.05) is 18.5 Å². The summed E-state index contributed by atoms with van der Waals surface area (Å²) in [6.45, 7) is 2.33. The summed E-state index contributed by atoms with van der Waals surface area (Å²) in [5.74, 6) is -0.137. The first-order valence-electron chi connectivity index (χ1n) is 7.10. The van der Waals surface area contributed by atoms with Crippen molar-refractivity contribution in [1.82, 2.24) is 15.0 Å². The summed E-state index contributed by atoms with van der Waals surface area (Å²) in [7, 11) is 0. The summed E-state index contributed by atoms with van der Waals surface area (Å²) in [5.41, 5.74) is 2.75. The summed E-state index contributed by atoms with van der Waals surface area (Å²) in [6, 6.07) is 7.79. The van der Waals surface area contributed by atoms with Crippen molar-refractivity contribution in [2.24, 2.45) is 0 Å². The van der Waals surface area contributed by atoms with Crippen LogP contribution >= 0.6 is 0 Å². The Morgan fingerprint density at radius 2 is 2.29 bits per heavy atom. The maximum Gasteiger partial charge on any atom is 0.246 e. The molecule has 0 unspecified atom stereocenters. The molecule has 21 heavy (non-hydrogen) atoms. The zero-order chi connectivity index (χ0) is 15.1. The van der Waals surface area contributed by atoms with Gasteiger partial charge in [-0.25, -0.2) is 4.68 Å². The third kappa shape index (κ3) is 4.68. The number of nitrogens with zero attached hydrogens (tertiary/aromatic N) is 3. The number of hydrogen-bond acceptors (Lipinski definition) is 4. The van der Waals surface area contributed by atoms with E-state index < -0.39 is 0 Å². The molecule has 0 aliphatic rings. The summed E-state index contributed by atoms with van der Waals surface area (Å²) in [6.07, 6.45) is 3.98. The molecule has 2 rings (SSSR count). The number of amides is 1. The second-order valence-electron chi connectivity index (χ2n) is 4.84. The molecule has 2 aromatic rings. The molecule has 0 fully saturated rings. The van der Waals surface area contributed by atoms with Crippen molar-refractivity contribution < 1.29 is 9.90 Å². The van der Waals surface area contributed by atoms with Crippen LogP contribution in [0, 0.1) is 0 Å². The number of nitrogens with one attached hydrogen (secondary N) is 1. The van der Waals surface area contributed by atoms with Gasteiger partial charge in [-0.2, -0.15) is 0 Å². The molecule has 1 aromatic heterocycles. The Bertz CT molecular complexity index is 595. The molecule has 0 saturated heterocycles. The molecular weight excluding hydrogens is 268 g/mol. The number of hydrogen-bond donors (Lipinski definition) is 2. The first-order chi connectivity index (χ1) is 10.2. The zero-order valence-corrected chi connectivity index (χ0v) is 12.1. The molecule has 0 bridgehead atoms. The number of aliphatic hydroxyl groups excluding tert-OH is 1. The van der Waals surface area contributed by atoms with Gasteiger partial charge in [0.05, 0.1) is 5.69 Å². The van der Waals surface area contributed by atoms with Crippen LogP contribution < -0.4 is 5.32 Å². The normalized spacial score (nSPS) is 10.6. The molecule has 1 aromatic carbocycles. The van der Waals surface area contributed by atoms with Crippen molar-refractivity contribution in [2.75, 3.05) is 11.9 Å². The predicted molar refractivity (Wildman–Crippen MR) is 79.9 cm³/mol. The van der Waals surface area contributed by atoms with Crippen LogP contribution in [0.5, 0.6) is 0 Å². The lowest BCUT2D eigenvalue weighted by Crippen LogP contribution is -2.19. The molecule has 1 heterocycles. The summed E-state index contributed by atoms with van der Waals surface area (Å²) >= 11 is 0. The Morgan fingerprint density at radius 3 is 3.05 bits per heavy atom. The van der Waals surface area contributed by atoms with Crippen LogP contribution in [0.1, 0.15) is 24.6 Å². The molecule has 2 N–H and O–H groups in total. The van der Waals surface area contributed by atoms with Gasteiger partial charge in [0.1, 0.15) is 6.54 Å². The largest absolute Gasteiger partial charge is 0.396 e. The fraction of sp³-hybridized carbons (Fsp3) is 0.400. The first kappa shape index (κ1) is 15.2. The van der Waals surface area contributed by atoms with Crippen LogP contribution in [0.3, 0.4) is 0 Å². The van der Waals surface area contributed by atoms with E-state index in [0.29, 0.717) is 12.8 Å². The average molecular weight is 288 g/mol. The molecular formula is C15H20N4O2. The minimum Gasteiger partial charge on any atom is -0.396 e. The van der Waals surface area contributed by atoms with E-state index >= 15 is 0 Å². The van der Waals surface area contributed by atoms with Crippen molar-refractivity contribution in [3.05, 3.63) is 41.7 Å². The van der Waals surface area contributed by atoms with E-state index in [2.05, 4.69) is 22.6 Å². The van der Waals surface area contributed by atoms with Gasteiger partial charge in [0.25, 0.3) is 0 Å². The minimum atomic E-state index is -0.137. The lowest BCUT2D eigenvalue weighted by atomic mass is 10.1. The Hall–Kier alpha value is -2.21. The number of carbonyl (C=O) groups excluding carboxylic acids is 1. The highest BCUT2D eigenvalue weighted by atomic mass is 16.2. The zero-order valence-electron chi connectivity index (χ0n) is 12.1. The van der Waals surface area contributed by atoms with Crippen LogP contribution in [-0.4, -0.2) is 32.6 Å². The molecule has 1 amide bonds. The van der Waals surface area contributed by atoms with Gasteiger partial charge in [-0.15, -0.1) is 5.10 Å².